The first-order valence-corrected chi connectivity index (χ1v) is 6.32. The van der Waals surface area contributed by atoms with Gasteiger partial charge in [-0.1, -0.05) is 40.7 Å². The van der Waals surface area contributed by atoms with Gasteiger partial charge in [-0.25, -0.2) is 4.98 Å². The fourth-order valence-electron chi connectivity index (χ4n) is 1.80. The molecule has 2 aromatic rings. The Labute approximate surface area is 103 Å². The van der Waals surface area contributed by atoms with Gasteiger partial charge in [0, 0.05) is 5.92 Å². The Hall–Kier alpha value is -1.31. The van der Waals surface area contributed by atoms with Crippen LogP contribution in [0.3, 0.4) is 0 Å². The number of aromatic nitrogens is 1. The van der Waals surface area contributed by atoms with Crippen molar-refractivity contribution in [1.82, 2.24) is 4.98 Å². The van der Waals surface area contributed by atoms with Gasteiger partial charge < -0.3 is 4.42 Å². The quantitative estimate of drug-likeness (QED) is 0.752. The van der Waals surface area contributed by atoms with Gasteiger partial charge in [-0.3, -0.25) is 0 Å². The van der Waals surface area contributed by atoms with Crippen LogP contribution in [-0.4, -0.2) is 4.98 Å². The molecular weight excluding hydrogens is 210 g/mol. The highest BCUT2D eigenvalue weighted by molar-refractivity contribution is 5.73. The average molecular weight is 231 g/mol. The maximum absolute atomic E-state index is 5.78. The van der Waals surface area contributed by atoms with Gasteiger partial charge in [0.05, 0.1) is 0 Å². The molecule has 0 N–H and O–H groups in total. The van der Waals surface area contributed by atoms with E-state index in [4.69, 9.17) is 4.42 Å². The van der Waals surface area contributed by atoms with Crippen LogP contribution >= 0.6 is 0 Å². The molecule has 0 radical (unpaired) electrons. The molecule has 0 aliphatic carbocycles. The number of rotatable bonds is 2. The molecule has 92 valence electrons. The summed E-state index contributed by atoms with van der Waals surface area (Å²) >= 11 is 0. The van der Waals surface area contributed by atoms with Crippen LogP contribution in [0, 0.1) is 0 Å². The molecule has 0 aliphatic heterocycles. The zero-order valence-electron chi connectivity index (χ0n) is 11.4. The van der Waals surface area contributed by atoms with Gasteiger partial charge in [0.25, 0.3) is 0 Å². The van der Waals surface area contributed by atoms with E-state index in [1.165, 1.54) is 5.56 Å². The Morgan fingerprint density at radius 3 is 2.59 bits per heavy atom. The Kier molecular flexibility index (Phi) is 2.98. The van der Waals surface area contributed by atoms with Gasteiger partial charge in [0.15, 0.2) is 11.5 Å². The fraction of sp³-hybridized carbons (Fsp3) is 0.533. The van der Waals surface area contributed by atoms with Crippen LogP contribution in [0.15, 0.2) is 22.6 Å². The molecule has 0 spiro atoms. The van der Waals surface area contributed by atoms with Crippen LogP contribution in [0.5, 0.6) is 0 Å². The lowest BCUT2D eigenvalue weighted by atomic mass is 9.87. The molecule has 1 aromatic heterocycles. The van der Waals surface area contributed by atoms with Crippen molar-refractivity contribution in [3.8, 4) is 0 Å². The predicted octanol–water partition coefficient (Wildman–Crippen LogP) is 4.64. The van der Waals surface area contributed by atoms with Crippen molar-refractivity contribution in [3.63, 3.8) is 0 Å². The summed E-state index contributed by atoms with van der Waals surface area (Å²) in [6.45, 7) is 10.9. The normalized spacial score (nSPS) is 14.2. The number of nitrogens with zero attached hydrogens (tertiary/aromatic N) is 1. The SMILES string of the molecule is CCC(C)c1nc2cc(C(C)(C)C)ccc2o1. The first-order valence-electron chi connectivity index (χ1n) is 6.32. The molecule has 0 fully saturated rings. The molecule has 1 aromatic carbocycles. The van der Waals surface area contributed by atoms with Crippen LogP contribution in [0.25, 0.3) is 11.1 Å². The van der Waals surface area contributed by atoms with Crippen LogP contribution in [0.1, 0.15) is 58.4 Å². The maximum Gasteiger partial charge on any atom is 0.198 e. The highest BCUT2D eigenvalue weighted by Crippen LogP contribution is 2.28. The van der Waals surface area contributed by atoms with Crippen molar-refractivity contribution >= 4 is 11.1 Å². The van der Waals surface area contributed by atoms with Crippen molar-refractivity contribution < 1.29 is 4.42 Å². The topological polar surface area (TPSA) is 26.0 Å². The second kappa shape index (κ2) is 4.17. The van der Waals surface area contributed by atoms with E-state index in [9.17, 15) is 0 Å². The molecule has 1 heterocycles. The summed E-state index contributed by atoms with van der Waals surface area (Å²) in [6.07, 6.45) is 1.05. The number of benzene rings is 1. The zero-order valence-corrected chi connectivity index (χ0v) is 11.4. The molecule has 2 nitrogen and oxygen atoms in total. The minimum Gasteiger partial charge on any atom is -0.440 e. The van der Waals surface area contributed by atoms with E-state index in [1.54, 1.807) is 0 Å². The molecule has 1 unspecified atom stereocenters. The standard InChI is InChI=1S/C15H21NO/c1-6-10(2)14-16-12-9-11(15(3,4)5)7-8-13(12)17-14/h7-10H,6H2,1-5H3. The van der Waals surface area contributed by atoms with Gasteiger partial charge in [-0.15, -0.1) is 0 Å². The monoisotopic (exact) mass is 231 g/mol. The highest BCUT2D eigenvalue weighted by atomic mass is 16.3. The minimum absolute atomic E-state index is 0.156. The first kappa shape index (κ1) is 12.2. The van der Waals surface area contributed by atoms with E-state index in [2.05, 4.69) is 51.7 Å². The van der Waals surface area contributed by atoms with Crippen LogP contribution in [0.4, 0.5) is 0 Å². The van der Waals surface area contributed by atoms with Crippen LogP contribution in [0.2, 0.25) is 0 Å². The summed E-state index contributed by atoms with van der Waals surface area (Å²) in [4.78, 5) is 4.59. The number of fused-ring (bicyclic) bond motifs is 1. The summed E-state index contributed by atoms with van der Waals surface area (Å²) in [7, 11) is 0. The van der Waals surface area contributed by atoms with Gasteiger partial charge in [-0.2, -0.15) is 0 Å². The lowest BCUT2D eigenvalue weighted by molar-refractivity contribution is 0.479. The van der Waals surface area contributed by atoms with E-state index in [0.29, 0.717) is 5.92 Å². The van der Waals surface area contributed by atoms with Gasteiger partial charge >= 0.3 is 0 Å². The molecule has 2 heteroatoms. The summed E-state index contributed by atoms with van der Waals surface area (Å²) in [6, 6.07) is 6.31. The van der Waals surface area contributed by atoms with Gasteiger partial charge in [-0.05, 0) is 29.5 Å². The molecule has 0 saturated carbocycles. The molecular formula is C15H21NO. The maximum atomic E-state index is 5.78. The lowest BCUT2D eigenvalue weighted by Crippen LogP contribution is -2.10. The summed E-state index contributed by atoms with van der Waals surface area (Å²) in [5, 5.41) is 0. The third kappa shape index (κ3) is 2.36. The van der Waals surface area contributed by atoms with Gasteiger partial charge in [0.1, 0.15) is 5.52 Å². The lowest BCUT2D eigenvalue weighted by Gasteiger charge is -2.18. The highest BCUT2D eigenvalue weighted by Gasteiger charge is 2.17. The van der Waals surface area contributed by atoms with Gasteiger partial charge in [0.2, 0.25) is 0 Å². The first-order chi connectivity index (χ1) is 7.91. The van der Waals surface area contributed by atoms with E-state index in [0.717, 1.165) is 23.4 Å². The third-order valence-electron chi connectivity index (χ3n) is 3.30. The smallest absolute Gasteiger partial charge is 0.198 e. The zero-order chi connectivity index (χ0) is 12.6. The summed E-state index contributed by atoms with van der Waals surface area (Å²) in [5.74, 6) is 1.24. The third-order valence-corrected chi connectivity index (χ3v) is 3.30. The molecule has 0 bridgehead atoms. The predicted molar refractivity (Wildman–Crippen MR) is 71.4 cm³/mol. The van der Waals surface area contributed by atoms with Crippen molar-refractivity contribution in [2.75, 3.05) is 0 Å². The van der Waals surface area contributed by atoms with Crippen molar-refractivity contribution in [2.24, 2.45) is 0 Å². The number of hydrogen-bond donors (Lipinski definition) is 0. The Bertz CT molecular complexity index is 519. The van der Waals surface area contributed by atoms with E-state index in [1.807, 2.05) is 6.07 Å². The molecule has 0 amide bonds. The molecule has 17 heavy (non-hydrogen) atoms. The number of oxazole rings is 1. The van der Waals surface area contributed by atoms with Crippen LogP contribution in [-0.2, 0) is 5.41 Å². The molecule has 1 atom stereocenters. The summed E-state index contributed by atoms with van der Waals surface area (Å²) in [5.41, 5.74) is 3.33. The molecule has 0 aliphatic rings. The van der Waals surface area contributed by atoms with Crippen molar-refractivity contribution in [1.29, 1.82) is 0 Å². The molecule has 0 saturated heterocycles. The Balaban J connectivity index is 2.48. The van der Waals surface area contributed by atoms with Crippen molar-refractivity contribution in [2.45, 2.75) is 52.4 Å². The van der Waals surface area contributed by atoms with E-state index in [-0.39, 0.29) is 5.41 Å². The number of hydrogen-bond acceptors (Lipinski definition) is 2. The van der Waals surface area contributed by atoms with Crippen LogP contribution < -0.4 is 0 Å². The Morgan fingerprint density at radius 1 is 1.29 bits per heavy atom. The van der Waals surface area contributed by atoms with E-state index >= 15 is 0 Å². The van der Waals surface area contributed by atoms with E-state index < -0.39 is 0 Å². The second-order valence-electron chi connectivity index (χ2n) is 5.79. The Morgan fingerprint density at radius 2 is 2.00 bits per heavy atom. The summed E-state index contributed by atoms with van der Waals surface area (Å²) < 4.78 is 5.78. The average Bonchev–Trinajstić information content (AvgIpc) is 2.69. The van der Waals surface area contributed by atoms with Crippen molar-refractivity contribution in [3.05, 3.63) is 29.7 Å². The minimum atomic E-state index is 0.156. The largest absolute Gasteiger partial charge is 0.440 e. The fourth-order valence-corrected chi connectivity index (χ4v) is 1.80. The second-order valence-corrected chi connectivity index (χ2v) is 5.79. The molecule has 2 rings (SSSR count).